The predicted molar refractivity (Wildman–Crippen MR) is 129 cm³/mol. The van der Waals surface area contributed by atoms with Gasteiger partial charge in [0, 0.05) is 19.3 Å². The van der Waals surface area contributed by atoms with E-state index in [-0.39, 0.29) is 35.2 Å². The number of phenolic OH excluding ortho intramolecular Hbond substituents is 1. The van der Waals surface area contributed by atoms with E-state index in [1.165, 1.54) is 24.1 Å². The van der Waals surface area contributed by atoms with Crippen LogP contribution in [-0.4, -0.2) is 47.5 Å². The zero-order valence-electron chi connectivity index (χ0n) is 18.6. The van der Waals surface area contributed by atoms with Crippen molar-refractivity contribution in [3.05, 3.63) is 70.2 Å². The van der Waals surface area contributed by atoms with Crippen LogP contribution < -0.4 is 21.7 Å². The van der Waals surface area contributed by atoms with Crippen LogP contribution in [0.25, 0.3) is 0 Å². The summed E-state index contributed by atoms with van der Waals surface area (Å²) in [5.41, 5.74) is 12.8. The molecule has 0 fully saturated rings. The molecule has 0 bridgehead atoms. The molecule has 2 aromatic carbocycles. The first-order chi connectivity index (χ1) is 16.2. The molecule has 0 aliphatic carbocycles. The van der Waals surface area contributed by atoms with Crippen molar-refractivity contribution in [2.75, 3.05) is 30.9 Å². The van der Waals surface area contributed by atoms with Crippen molar-refractivity contribution in [2.24, 2.45) is 5.73 Å². The average molecular weight is 484 g/mol. The topological polar surface area (TPSA) is 161 Å². The van der Waals surface area contributed by atoms with Crippen LogP contribution in [0.1, 0.15) is 37.3 Å². The van der Waals surface area contributed by atoms with E-state index in [9.17, 15) is 19.5 Å². The largest absolute Gasteiger partial charge is 0.508 e. The van der Waals surface area contributed by atoms with Gasteiger partial charge >= 0.3 is 0 Å². The van der Waals surface area contributed by atoms with Crippen molar-refractivity contribution >= 4 is 40.6 Å². The molecule has 0 radical (unpaired) electrons. The summed E-state index contributed by atoms with van der Waals surface area (Å²) >= 11 is 0.728. The molecular formula is C23H25N5O5S. The number of carbonyl (C=O) groups excluding carboxylic acids is 3. The summed E-state index contributed by atoms with van der Waals surface area (Å²) in [4.78, 5) is 40.1. The second-order valence-corrected chi connectivity index (χ2v) is 8.20. The van der Waals surface area contributed by atoms with Gasteiger partial charge in [-0.15, -0.1) is 0 Å². The number of anilines is 2. The number of hydrogen-bond acceptors (Lipinski definition) is 8. The van der Waals surface area contributed by atoms with Gasteiger partial charge in [0.05, 0.1) is 12.3 Å². The number of nitrogens with one attached hydrogen (secondary N) is 1. The summed E-state index contributed by atoms with van der Waals surface area (Å²) in [7, 11) is 1.51. The summed E-state index contributed by atoms with van der Waals surface area (Å²) in [5.74, 6) is -1.96. The molecule has 0 spiro atoms. The third-order valence-electron chi connectivity index (χ3n) is 5.01. The Morgan fingerprint density at radius 2 is 1.79 bits per heavy atom. The number of nitrogens with two attached hydrogens (primary N) is 2. The lowest BCUT2D eigenvalue weighted by molar-refractivity contribution is -0.122. The molecule has 0 aliphatic heterocycles. The van der Waals surface area contributed by atoms with Gasteiger partial charge < -0.3 is 26.6 Å². The molecule has 11 heteroatoms. The fraction of sp³-hybridized carbons (Fsp3) is 0.217. The number of rotatable bonds is 9. The summed E-state index contributed by atoms with van der Waals surface area (Å²) in [6.07, 6.45) is 0. The molecule has 178 valence electrons. The molecule has 3 rings (SSSR count). The maximum absolute atomic E-state index is 13.8. The molecule has 3 amide bonds. The normalized spacial score (nSPS) is 11.6. The number of carbonyl (C=O) groups is 3. The molecule has 0 saturated heterocycles. The molecule has 1 aromatic heterocycles. The van der Waals surface area contributed by atoms with Gasteiger partial charge in [-0.1, -0.05) is 29.8 Å². The van der Waals surface area contributed by atoms with E-state index in [0.29, 0.717) is 11.3 Å². The molecule has 10 nitrogen and oxygen atoms in total. The lowest BCUT2D eigenvalue weighted by Crippen LogP contribution is -2.44. The highest BCUT2D eigenvalue weighted by molar-refractivity contribution is 7.09. The third kappa shape index (κ3) is 5.33. The van der Waals surface area contributed by atoms with Crippen LogP contribution in [0.4, 0.5) is 11.4 Å². The molecule has 1 heterocycles. The summed E-state index contributed by atoms with van der Waals surface area (Å²) in [5, 5.41) is 12.5. The molecule has 1 atom stereocenters. The Morgan fingerprint density at radius 1 is 1.15 bits per heavy atom. The van der Waals surface area contributed by atoms with Crippen molar-refractivity contribution in [1.82, 2.24) is 9.69 Å². The number of benzene rings is 2. The van der Waals surface area contributed by atoms with Crippen LogP contribution in [0.3, 0.4) is 0 Å². The number of aromatic nitrogens is 1. The smallest absolute Gasteiger partial charge is 0.273 e. The molecule has 3 aromatic rings. The number of methoxy groups -OCH3 is 1. The van der Waals surface area contributed by atoms with E-state index in [2.05, 4.69) is 9.69 Å². The van der Waals surface area contributed by atoms with Gasteiger partial charge in [-0.05, 0) is 48.3 Å². The molecule has 0 saturated carbocycles. The van der Waals surface area contributed by atoms with Crippen molar-refractivity contribution < 1.29 is 24.2 Å². The lowest BCUT2D eigenvalue weighted by atomic mass is 10.0. The van der Waals surface area contributed by atoms with E-state index < -0.39 is 23.8 Å². The number of amides is 3. The van der Waals surface area contributed by atoms with Gasteiger partial charge in [0.1, 0.15) is 16.7 Å². The van der Waals surface area contributed by atoms with Gasteiger partial charge in [0.25, 0.3) is 11.8 Å². The van der Waals surface area contributed by atoms with Gasteiger partial charge in [0.15, 0.2) is 5.69 Å². The van der Waals surface area contributed by atoms with Crippen molar-refractivity contribution in [1.29, 1.82) is 0 Å². The van der Waals surface area contributed by atoms with Gasteiger partial charge in [-0.3, -0.25) is 19.3 Å². The zero-order chi connectivity index (χ0) is 24.8. The summed E-state index contributed by atoms with van der Waals surface area (Å²) in [6, 6.07) is 11.8. The first-order valence-corrected chi connectivity index (χ1v) is 11.0. The number of primary amides is 1. The first-order valence-electron chi connectivity index (χ1n) is 10.2. The maximum Gasteiger partial charge on any atom is 0.273 e. The van der Waals surface area contributed by atoms with Gasteiger partial charge in [-0.25, -0.2) is 0 Å². The van der Waals surface area contributed by atoms with E-state index in [4.69, 9.17) is 16.2 Å². The fourth-order valence-corrected chi connectivity index (χ4v) is 4.02. The van der Waals surface area contributed by atoms with Crippen LogP contribution >= 0.6 is 11.5 Å². The standard InChI is InChI=1S/C23H25N5O5S/c1-13-3-7-15(8-4-13)28(23(32)20-17(24)18(21(25)30)27-34-20)19(22(31)26-11-12-33-2)14-5-9-16(29)10-6-14/h3-10,19,29H,11-12,24H2,1-2H3,(H2,25,30)(H,26,31). The highest BCUT2D eigenvalue weighted by atomic mass is 32.1. The van der Waals surface area contributed by atoms with Crippen LogP contribution in [-0.2, 0) is 9.53 Å². The number of ether oxygens (including phenoxy) is 1. The Morgan fingerprint density at radius 3 is 2.35 bits per heavy atom. The quantitative estimate of drug-likeness (QED) is 0.338. The molecule has 1 unspecified atom stereocenters. The molecule has 34 heavy (non-hydrogen) atoms. The van der Waals surface area contributed by atoms with Crippen molar-refractivity contribution in [2.45, 2.75) is 13.0 Å². The Bertz CT molecular complexity index is 1180. The van der Waals surface area contributed by atoms with Gasteiger partial charge in [-0.2, -0.15) is 4.37 Å². The second-order valence-electron chi connectivity index (χ2n) is 7.43. The number of nitrogens with zero attached hydrogens (tertiary/aromatic N) is 2. The minimum atomic E-state index is -1.13. The van der Waals surface area contributed by atoms with E-state index in [1.807, 2.05) is 6.92 Å². The third-order valence-corrected chi connectivity index (χ3v) is 5.86. The van der Waals surface area contributed by atoms with E-state index >= 15 is 0 Å². The van der Waals surface area contributed by atoms with Crippen molar-refractivity contribution in [3.8, 4) is 5.75 Å². The van der Waals surface area contributed by atoms with Crippen molar-refractivity contribution in [3.63, 3.8) is 0 Å². The summed E-state index contributed by atoms with van der Waals surface area (Å²) < 4.78 is 8.93. The fourth-order valence-electron chi connectivity index (χ4n) is 3.27. The monoisotopic (exact) mass is 483 g/mol. The highest BCUT2D eigenvalue weighted by Crippen LogP contribution is 2.33. The highest BCUT2D eigenvalue weighted by Gasteiger charge is 2.36. The minimum absolute atomic E-state index is 0.00769. The molecule has 0 aliphatic rings. The van der Waals surface area contributed by atoms with Crippen LogP contribution in [0.15, 0.2) is 48.5 Å². The Hall–Kier alpha value is -3.96. The number of aryl methyl sites for hydroxylation is 1. The SMILES string of the molecule is COCCNC(=O)C(c1ccc(O)cc1)N(C(=O)c1snc(C(N)=O)c1N)c1ccc(C)cc1. The second kappa shape index (κ2) is 10.8. The molecule has 6 N–H and O–H groups in total. The number of aromatic hydroxyl groups is 1. The van der Waals surface area contributed by atoms with Gasteiger partial charge in [0.2, 0.25) is 5.91 Å². The summed E-state index contributed by atoms with van der Waals surface area (Å²) in [6.45, 7) is 2.38. The zero-order valence-corrected chi connectivity index (χ0v) is 19.5. The maximum atomic E-state index is 13.8. The number of nitrogen functional groups attached to an aromatic ring is 1. The van der Waals surface area contributed by atoms with Crippen LogP contribution in [0, 0.1) is 6.92 Å². The number of phenols is 1. The van der Waals surface area contributed by atoms with E-state index in [1.54, 1.807) is 36.4 Å². The minimum Gasteiger partial charge on any atom is -0.508 e. The Balaban J connectivity index is 2.16. The van der Waals surface area contributed by atoms with Crippen LogP contribution in [0.5, 0.6) is 5.75 Å². The predicted octanol–water partition coefficient (Wildman–Crippen LogP) is 1.99. The molecular weight excluding hydrogens is 458 g/mol. The lowest BCUT2D eigenvalue weighted by Gasteiger charge is -2.31. The van der Waals surface area contributed by atoms with Crippen LogP contribution in [0.2, 0.25) is 0 Å². The average Bonchev–Trinajstić information content (AvgIpc) is 3.20. The van der Waals surface area contributed by atoms with E-state index in [0.717, 1.165) is 17.1 Å². The Kier molecular flexibility index (Phi) is 7.82. The Labute approximate surface area is 200 Å². The first kappa shape index (κ1) is 24.7. The number of hydrogen-bond donors (Lipinski definition) is 4.